The molecule has 5 heteroatoms. The van der Waals surface area contributed by atoms with Gasteiger partial charge < -0.3 is 15.3 Å². The maximum atomic E-state index is 9.25. The van der Waals surface area contributed by atoms with Crippen molar-refractivity contribution >= 4 is 18.2 Å². The molecule has 1 rings (SSSR count). The summed E-state index contributed by atoms with van der Waals surface area (Å²) in [6.45, 7) is 13.3. The molecule has 0 bridgehead atoms. The fourth-order valence-electron chi connectivity index (χ4n) is 0.589. The molecule has 0 spiro atoms. The van der Waals surface area contributed by atoms with Crippen molar-refractivity contribution in [1.29, 1.82) is 0 Å². The van der Waals surface area contributed by atoms with Gasteiger partial charge in [0.1, 0.15) is 0 Å². The maximum Gasteiger partial charge on any atom is 0.503 e. The molecule has 1 aromatic rings. The summed E-state index contributed by atoms with van der Waals surface area (Å²) < 4.78 is 0. The average Bonchev–Trinajstić information content (AvgIpc) is 2.48. The van der Waals surface area contributed by atoms with Crippen LogP contribution in [0.2, 0.25) is 0 Å². The third kappa shape index (κ3) is 38.3. The highest BCUT2D eigenvalue weighted by Gasteiger charge is 1.76. The Morgan fingerprint density at radius 2 is 1.19 bits per heavy atom. The molecule has 0 unspecified atom stereocenters. The van der Waals surface area contributed by atoms with E-state index in [2.05, 4.69) is 26.3 Å². The van der Waals surface area contributed by atoms with Gasteiger partial charge in [-0.2, -0.15) is 0 Å². The monoisotopic (exact) mass is 292 g/mol. The summed E-state index contributed by atoms with van der Waals surface area (Å²) in [6, 6.07) is 10.0. The minimum absolute atomic E-state index is 0.833. The molecule has 0 heterocycles. The Morgan fingerprint density at radius 1 is 0.857 bits per heavy atom. The van der Waals surface area contributed by atoms with Crippen molar-refractivity contribution in [1.82, 2.24) is 0 Å². The van der Waals surface area contributed by atoms with Crippen LogP contribution in [0.15, 0.2) is 74.9 Å². The molecule has 21 heavy (non-hydrogen) atoms. The summed E-state index contributed by atoms with van der Waals surface area (Å²) in [7, 11) is 0. The van der Waals surface area contributed by atoms with Crippen molar-refractivity contribution in [3.63, 3.8) is 0 Å². The van der Waals surface area contributed by atoms with Crippen molar-refractivity contribution < 1.29 is 24.9 Å². The standard InChI is InChI=1S/C8H8.C4H6.C3H4O2.CH2O3/c1-2-8-6-4-3-5-7-8;1-3-4-2;1-2-3(4)5;2-1(3)4/h2-7H,1H2;3-4H,1-2H2;2H,1H2,(H,4,5);(H2,2,3,4). The second-order valence-corrected chi connectivity index (χ2v) is 2.91. The molecule has 0 atom stereocenters. The van der Waals surface area contributed by atoms with Crippen LogP contribution in [-0.2, 0) is 4.79 Å². The predicted molar refractivity (Wildman–Crippen MR) is 85.4 cm³/mol. The Kier molecular flexibility index (Phi) is 21.1. The second-order valence-electron chi connectivity index (χ2n) is 2.91. The molecular weight excluding hydrogens is 272 g/mol. The van der Waals surface area contributed by atoms with Crippen LogP contribution >= 0.6 is 0 Å². The zero-order valence-electron chi connectivity index (χ0n) is 11.7. The van der Waals surface area contributed by atoms with Gasteiger partial charge in [-0.15, -0.1) is 0 Å². The van der Waals surface area contributed by atoms with Gasteiger partial charge in [-0.25, -0.2) is 9.59 Å². The summed E-state index contributed by atoms with van der Waals surface area (Å²) in [5.41, 5.74) is 1.17. The number of hydrogen-bond acceptors (Lipinski definition) is 2. The number of carbonyl (C=O) groups is 2. The van der Waals surface area contributed by atoms with Gasteiger partial charge in [0.05, 0.1) is 0 Å². The fourth-order valence-corrected chi connectivity index (χ4v) is 0.589. The SMILES string of the molecule is C=CC(=O)O.C=CC=C.C=Cc1ccccc1.O=C(O)O. The largest absolute Gasteiger partial charge is 0.503 e. The molecule has 3 N–H and O–H groups in total. The Hall–Kier alpha value is -3.08. The first-order valence-electron chi connectivity index (χ1n) is 5.53. The smallest absolute Gasteiger partial charge is 0.478 e. The molecule has 1 aromatic carbocycles. The molecule has 0 saturated carbocycles. The van der Waals surface area contributed by atoms with Gasteiger partial charge in [-0.1, -0.05) is 74.9 Å². The average molecular weight is 292 g/mol. The van der Waals surface area contributed by atoms with Crippen LogP contribution in [0.4, 0.5) is 4.79 Å². The van der Waals surface area contributed by atoms with Gasteiger partial charge >= 0.3 is 12.1 Å². The predicted octanol–water partition coefficient (Wildman–Crippen LogP) is 4.17. The number of benzene rings is 1. The molecule has 0 fully saturated rings. The van der Waals surface area contributed by atoms with E-state index in [9.17, 15) is 4.79 Å². The molecule has 0 aliphatic rings. The number of allylic oxidation sites excluding steroid dienone is 2. The lowest BCUT2D eigenvalue weighted by Gasteiger charge is -1.85. The number of carboxylic acid groups (broad SMARTS) is 3. The van der Waals surface area contributed by atoms with E-state index < -0.39 is 12.1 Å². The summed E-state index contributed by atoms with van der Waals surface area (Å²) in [6.07, 6.45) is 4.11. The Morgan fingerprint density at radius 3 is 1.33 bits per heavy atom. The highest BCUT2D eigenvalue weighted by atomic mass is 16.6. The lowest BCUT2D eigenvalue weighted by molar-refractivity contribution is -0.131. The number of aliphatic carboxylic acids is 1. The summed E-state index contributed by atoms with van der Waals surface area (Å²) in [5.74, 6) is -0.981. The van der Waals surface area contributed by atoms with Gasteiger partial charge in [0.15, 0.2) is 0 Å². The normalized spacial score (nSPS) is 6.86. The quantitative estimate of drug-likeness (QED) is 0.574. The zero-order chi connectivity index (χ0) is 17.1. The Bertz CT molecular complexity index is 425. The van der Waals surface area contributed by atoms with Gasteiger partial charge in [-0.3, -0.25) is 0 Å². The van der Waals surface area contributed by atoms with Gasteiger partial charge in [-0.05, 0) is 5.56 Å². The van der Waals surface area contributed by atoms with Crippen LogP contribution in [-0.4, -0.2) is 27.4 Å². The minimum atomic E-state index is -1.83. The van der Waals surface area contributed by atoms with Crippen LogP contribution in [0.25, 0.3) is 6.08 Å². The van der Waals surface area contributed by atoms with E-state index in [-0.39, 0.29) is 0 Å². The number of hydrogen-bond donors (Lipinski definition) is 3. The molecule has 114 valence electrons. The van der Waals surface area contributed by atoms with E-state index in [1.807, 2.05) is 36.4 Å². The highest BCUT2D eigenvalue weighted by Crippen LogP contribution is 1.97. The lowest BCUT2D eigenvalue weighted by Crippen LogP contribution is -1.82. The highest BCUT2D eigenvalue weighted by molar-refractivity contribution is 5.78. The first kappa shape index (κ1) is 23.0. The van der Waals surface area contributed by atoms with Gasteiger partial charge in [0.2, 0.25) is 0 Å². The van der Waals surface area contributed by atoms with Crippen LogP contribution in [0.5, 0.6) is 0 Å². The van der Waals surface area contributed by atoms with Crippen molar-refractivity contribution in [2.45, 2.75) is 0 Å². The van der Waals surface area contributed by atoms with Crippen LogP contribution in [0.3, 0.4) is 0 Å². The lowest BCUT2D eigenvalue weighted by atomic mass is 10.2. The molecule has 0 radical (unpaired) electrons. The van der Waals surface area contributed by atoms with Crippen molar-refractivity contribution in [3.8, 4) is 0 Å². The summed E-state index contributed by atoms with van der Waals surface area (Å²) in [5, 5.41) is 21.5. The molecule has 0 saturated heterocycles. The van der Waals surface area contributed by atoms with Gasteiger partial charge in [0.25, 0.3) is 0 Å². The summed E-state index contributed by atoms with van der Waals surface area (Å²) >= 11 is 0. The third-order valence-electron chi connectivity index (χ3n) is 1.38. The Labute approximate surface area is 124 Å². The van der Waals surface area contributed by atoms with Crippen LogP contribution in [0.1, 0.15) is 5.56 Å². The van der Waals surface area contributed by atoms with Gasteiger partial charge in [0, 0.05) is 6.08 Å². The van der Waals surface area contributed by atoms with E-state index in [0.717, 1.165) is 6.08 Å². The molecular formula is C16H20O5. The van der Waals surface area contributed by atoms with Crippen molar-refractivity contribution in [3.05, 3.63) is 80.4 Å². The van der Waals surface area contributed by atoms with E-state index in [4.69, 9.17) is 20.1 Å². The zero-order valence-corrected chi connectivity index (χ0v) is 11.7. The van der Waals surface area contributed by atoms with E-state index in [0.29, 0.717) is 0 Å². The Balaban J connectivity index is -0.000000219. The minimum Gasteiger partial charge on any atom is -0.478 e. The van der Waals surface area contributed by atoms with Crippen LogP contribution < -0.4 is 0 Å². The molecule has 0 aromatic heterocycles. The molecule has 0 aliphatic carbocycles. The molecule has 5 nitrogen and oxygen atoms in total. The maximum absolute atomic E-state index is 9.25. The third-order valence-corrected chi connectivity index (χ3v) is 1.38. The molecule has 0 amide bonds. The first-order valence-corrected chi connectivity index (χ1v) is 5.53. The van der Waals surface area contributed by atoms with Crippen LogP contribution in [0, 0.1) is 0 Å². The second kappa shape index (κ2) is 19.3. The summed E-state index contributed by atoms with van der Waals surface area (Å²) in [4.78, 5) is 17.8. The first-order chi connectivity index (χ1) is 9.85. The van der Waals surface area contributed by atoms with E-state index in [1.54, 1.807) is 12.2 Å². The van der Waals surface area contributed by atoms with Crippen molar-refractivity contribution in [2.24, 2.45) is 0 Å². The number of rotatable bonds is 3. The van der Waals surface area contributed by atoms with E-state index in [1.165, 1.54) is 5.56 Å². The number of carboxylic acids is 1. The van der Waals surface area contributed by atoms with E-state index >= 15 is 0 Å². The topological polar surface area (TPSA) is 94.8 Å². The molecule has 0 aliphatic heterocycles. The fraction of sp³-hybridized carbons (Fsp3) is 0. The van der Waals surface area contributed by atoms with Crippen molar-refractivity contribution in [2.75, 3.05) is 0 Å².